The minimum atomic E-state index is 1.00. The minimum absolute atomic E-state index is 1.00. The van der Waals surface area contributed by atoms with Crippen LogP contribution in [-0.2, 0) is 4.74 Å². The van der Waals surface area contributed by atoms with Crippen molar-refractivity contribution in [3.63, 3.8) is 0 Å². The molecular weight excluding hydrogens is 112 g/mol. The molecule has 0 aromatic rings. The van der Waals surface area contributed by atoms with E-state index in [0.717, 1.165) is 13.2 Å². The maximum Gasteiger partial charge on any atom is 0.0488 e. The highest BCUT2D eigenvalue weighted by Crippen LogP contribution is 1.93. The third-order valence-corrected chi connectivity index (χ3v) is 1.28. The van der Waals surface area contributed by atoms with Crippen LogP contribution in [0.15, 0.2) is 0 Å². The number of unbranched alkanes of at least 4 members (excludes halogenated alkanes) is 2. The van der Waals surface area contributed by atoms with Crippen LogP contribution in [0.3, 0.4) is 0 Å². The van der Waals surface area contributed by atoms with Gasteiger partial charge >= 0.3 is 0 Å². The van der Waals surface area contributed by atoms with Gasteiger partial charge in [0.05, 0.1) is 0 Å². The van der Waals surface area contributed by atoms with Crippen LogP contribution in [0, 0.1) is 0 Å². The van der Waals surface area contributed by atoms with Crippen molar-refractivity contribution in [2.75, 3.05) is 13.2 Å². The standard InChI is InChI=1S/C5H12.C3H6O/c1-3-5-4-2;1-2-4-3-1/h3-5H2,1-2H3;1-3H2. The lowest BCUT2D eigenvalue weighted by Crippen LogP contribution is -2.09. The molecule has 0 radical (unpaired) electrons. The first-order chi connectivity index (χ1) is 4.41. The normalized spacial score (nSPS) is 15.3. The Bertz CT molecular complexity index is 33.8. The number of rotatable bonds is 2. The predicted molar refractivity (Wildman–Crippen MR) is 40.6 cm³/mol. The molecule has 0 aromatic carbocycles. The number of ether oxygens (including phenoxy) is 1. The quantitative estimate of drug-likeness (QED) is 0.558. The second kappa shape index (κ2) is 7.96. The third kappa shape index (κ3) is 7.96. The zero-order valence-electron chi connectivity index (χ0n) is 6.65. The molecule has 0 unspecified atom stereocenters. The molecule has 0 aliphatic carbocycles. The predicted octanol–water partition coefficient (Wildman–Crippen LogP) is 2.60. The van der Waals surface area contributed by atoms with Crippen LogP contribution in [-0.4, -0.2) is 13.2 Å². The number of hydrogen-bond donors (Lipinski definition) is 0. The van der Waals surface area contributed by atoms with E-state index >= 15 is 0 Å². The number of hydrogen-bond acceptors (Lipinski definition) is 1. The van der Waals surface area contributed by atoms with Crippen LogP contribution >= 0.6 is 0 Å². The van der Waals surface area contributed by atoms with Crippen LogP contribution in [0.4, 0.5) is 0 Å². The monoisotopic (exact) mass is 130 g/mol. The SMILES string of the molecule is C1COC1.CCCCC. The molecule has 0 saturated carbocycles. The Hall–Kier alpha value is -0.0400. The van der Waals surface area contributed by atoms with Gasteiger partial charge in [-0.1, -0.05) is 33.1 Å². The molecule has 56 valence electrons. The maximum atomic E-state index is 4.72. The molecular formula is C8H18O. The Morgan fingerprint density at radius 3 is 1.44 bits per heavy atom. The Morgan fingerprint density at radius 2 is 1.44 bits per heavy atom. The van der Waals surface area contributed by atoms with Gasteiger partial charge in [-0.25, -0.2) is 0 Å². The summed E-state index contributed by atoms with van der Waals surface area (Å²) in [6, 6.07) is 0. The van der Waals surface area contributed by atoms with Gasteiger partial charge in [0.15, 0.2) is 0 Å². The molecule has 0 atom stereocenters. The van der Waals surface area contributed by atoms with Gasteiger partial charge in [0, 0.05) is 13.2 Å². The van der Waals surface area contributed by atoms with E-state index in [-0.39, 0.29) is 0 Å². The lowest BCUT2D eigenvalue weighted by atomic mass is 10.3. The van der Waals surface area contributed by atoms with Crippen molar-refractivity contribution < 1.29 is 4.74 Å². The highest BCUT2D eigenvalue weighted by Gasteiger charge is 1.94. The fourth-order valence-electron chi connectivity index (χ4n) is 0.498. The molecule has 0 N–H and O–H groups in total. The summed E-state index contributed by atoms with van der Waals surface area (Å²) in [4.78, 5) is 0. The van der Waals surface area contributed by atoms with Crippen LogP contribution in [0.2, 0.25) is 0 Å². The Kier molecular flexibility index (Phi) is 7.92. The van der Waals surface area contributed by atoms with Gasteiger partial charge in [0.25, 0.3) is 0 Å². The fourth-order valence-corrected chi connectivity index (χ4v) is 0.498. The van der Waals surface area contributed by atoms with E-state index < -0.39 is 0 Å². The van der Waals surface area contributed by atoms with E-state index in [0.29, 0.717) is 0 Å². The molecule has 1 aliphatic heterocycles. The maximum absolute atomic E-state index is 4.72. The highest BCUT2D eigenvalue weighted by molar-refractivity contribution is 4.41. The summed E-state index contributed by atoms with van der Waals surface area (Å²) in [6.07, 6.45) is 5.35. The van der Waals surface area contributed by atoms with E-state index in [2.05, 4.69) is 13.8 Å². The Morgan fingerprint density at radius 1 is 1.11 bits per heavy atom. The van der Waals surface area contributed by atoms with Gasteiger partial charge in [0.2, 0.25) is 0 Å². The lowest BCUT2D eigenvalue weighted by molar-refractivity contribution is 0.0367. The zero-order chi connectivity index (χ0) is 6.95. The van der Waals surface area contributed by atoms with E-state index in [1.165, 1.54) is 25.7 Å². The molecule has 1 fully saturated rings. The van der Waals surface area contributed by atoms with Crippen molar-refractivity contribution >= 4 is 0 Å². The lowest BCUT2D eigenvalue weighted by Gasteiger charge is -2.09. The first-order valence-electron chi connectivity index (χ1n) is 3.99. The van der Waals surface area contributed by atoms with Crippen molar-refractivity contribution in [2.45, 2.75) is 39.5 Å². The molecule has 0 spiro atoms. The van der Waals surface area contributed by atoms with Crippen molar-refractivity contribution in [1.29, 1.82) is 0 Å². The van der Waals surface area contributed by atoms with Crippen LogP contribution in [0.1, 0.15) is 39.5 Å². The molecule has 1 nitrogen and oxygen atoms in total. The van der Waals surface area contributed by atoms with Gasteiger partial charge < -0.3 is 4.74 Å². The zero-order valence-corrected chi connectivity index (χ0v) is 6.65. The van der Waals surface area contributed by atoms with Crippen molar-refractivity contribution in [1.82, 2.24) is 0 Å². The Labute approximate surface area is 58.4 Å². The molecule has 0 aromatic heterocycles. The van der Waals surface area contributed by atoms with E-state index in [1.54, 1.807) is 0 Å². The van der Waals surface area contributed by atoms with Gasteiger partial charge in [-0.2, -0.15) is 0 Å². The summed E-state index contributed by atoms with van der Waals surface area (Å²) in [5.41, 5.74) is 0. The minimum Gasteiger partial charge on any atom is -0.381 e. The second-order valence-corrected chi connectivity index (χ2v) is 2.32. The molecule has 1 heteroatoms. The average molecular weight is 130 g/mol. The first kappa shape index (κ1) is 8.96. The van der Waals surface area contributed by atoms with Gasteiger partial charge in [-0.15, -0.1) is 0 Å². The first-order valence-corrected chi connectivity index (χ1v) is 3.99. The van der Waals surface area contributed by atoms with Crippen LogP contribution in [0.5, 0.6) is 0 Å². The van der Waals surface area contributed by atoms with E-state index in [4.69, 9.17) is 4.74 Å². The summed E-state index contributed by atoms with van der Waals surface area (Å²) in [5, 5.41) is 0. The molecule has 1 saturated heterocycles. The second-order valence-electron chi connectivity index (χ2n) is 2.32. The fraction of sp³-hybridized carbons (Fsp3) is 1.00. The van der Waals surface area contributed by atoms with Crippen molar-refractivity contribution in [3.05, 3.63) is 0 Å². The van der Waals surface area contributed by atoms with Gasteiger partial charge in [-0.05, 0) is 6.42 Å². The van der Waals surface area contributed by atoms with E-state index in [1.807, 2.05) is 0 Å². The summed E-state index contributed by atoms with van der Waals surface area (Å²) < 4.78 is 4.72. The largest absolute Gasteiger partial charge is 0.381 e. The average Bonchev–Trinajstić information content (AvgIpc) is 1.63. The van der Waals surface area contributed by atoms with Crippen molar-refractivity contribution in [3.8, 4) is 0 Å². The molecule has 1 heterocycles. The summed E-state index contributed by atoms with van der Waals surface area (Å²) >= 11 is 0. The molecule has 1 aliphatic rings. The smallest absolute Gasteiger partial charge is 0.0488 e. The summed E-state index contributed by atoms with van der Waals surface area (Å²) in [5.74, 6) is 0. The van der Waals surface area contributed by atoms with Crippen LogP contribution in [0.25, 0.3) is 0 Å². The molecule has 9 heavy (non-hydrogen) atoms. The molecule has 0 bridgehead atoms. The summed E-state index contributed by atoms with van der Waals surface area (Å²) in [6.45, 7) is 6.42. The van der Waals surface area contributed by atoms with Gasteiger partial charge in [0.1, 0.15) is 0 Å². The topological polar surface area (TPSA) is 9.23 Å². The highest BCUT2D eigenvalue weighted by atomic mass is 16.5. The van der Waals surface area contributed by atoms with Crippen LogP contribution < -0.4 is 0 Å². The third-order valence-electron chi connectivity index (χ3n) is 1.28. The summed E-state index contributed by atoms with van der Waals surface area (Å²) in [7, 11) is 0. The van der Waals surface area contributed by atoms with Gasteiger partial charge in [-0.3, -0.25) is 0 Å². The van der Waals surface area contributed by atoms with E-state index in [9.17, 15) is 0 Å². The Balaban J connectivity index is 0.000000144. The molecule has 1 rings (SSSR count). The molecule has 0 amide bonds. The van der Waals surface area contributed by atoms with Crippen molar-refractivity contribution in [2.24, 2.45) is 0 Å².